The molecule has 5 N–H and O–H groups in total. The Labute approximate surface area is 543 Å². The van der Waals surface area contributed by atoms with E-state index in [1.165, 1.54) is 31.3 Å². The number of hydrogen-bond acceptors (Lipinski definition) is 20. The van der Waals surface area contributed by atoms with Crippen LogP contribution in [-0.4, -0.2) is 237 Å². The van der Waals surface area contributed by atoms with Crippen LogP contribution in [-0.2, 0) is 61.6 Å². The standard InChI is InChI=1S/C16H18F2N2O2.C14H15F2NO4.C10H17NO5.C8H5BrF2O.C6H11NO3.C3H7N.CH4O.Cl2OS/c1-2-3-20-14(11-6-12(17)8-13(18)7-11)9-19-4-5-22-10-15(19)16(20)21;1-20-14(19)12-8-21-3-2-17(12)7-13(18)9-4-10(15)6-11(16)5-9;1-10(2,3)16-9(14)11-4-5-15-6-7(11)8(12)13;9-4-8(12)5-1-6(10)3-7(11)2-5;1-9-6(8)5-4-10-3-2-7-5;1-2-3-4;1-2;1-4(2)3/h2,6-8,14-15H,1,3-5,9-10H2;4-6,12H,2-3,7-8H2,1H3;7H,4-6H2,1-3H3,(H,12,13);1-3H,4H2;5,7H,2-4H2,1H3;2H,1,3-4H2;2H,1H3;/t14-,15+;12-;7-;;5-;;;/m011.1.../s1. The van der Waals surface area contributed by atoms with Crippen molar-refractivity contribution in [1.29, 1.82) is 0 Å². The Hall–Kier alpha value is -5.94. The summed E-state index contributed by atoms with van der Waals surface area (Å²) in [6.45, 7) is 18.4. The van der Waals surface area contributed by atoms with E-state index in [9.17, 15) is 59.9 Å². The van der Waals surface area contributed by atoms with Crippen LogP contribution in [0.2, 0.25) is 0 Å². The van der Waals surface area contributed by atoms with Gasteiger partial charge in [0.2, 0.25) is 15.1 Å². The Bertz CT molecular complexity index is 2790. The van der Waals surface area contributed by atoms with E-state index in [0.717, 1.165) is 50.1 Å². The third-order valence-electron chi connectivity index (χ3n) is 12.4. The molecule has 510 valence electrons. The molecule has 5 aliphatic rings. The van der Waals surface area contributed by atoms with Crippen LogP contribution in [0.4, 0.5) is 31.1 Å². The summed E-state index contributed by atoms with van der Waals surface area (Å²) in [7, 11) is 11.0. The Morgan fingerprint density at radius 3 is 1.63 bits per heavy atom. The number of carbonyl (C=O) groups excluding carboxylic acids is 6. The van der Waals surface area contributed by atoms with Gasteiger partial charge in [-0.25, -0.2) is 40.1 Å². The highest BCUT2D eigenvalue weighted by Gasteiger charge is 2.42. The lowest BCUT2D eigenvalue weighted by atomic mass is 9.98. The number of esters is 2. The van der Waals surface area contributed by atoms with E-state index < -0.39 is 85.6 Å². The molecule has 0 unspecified atom stereocenters. The number of aliphatic hydroxyl groups excluding tert-OH is 1. The predicted octanol–water partition coefficient (Wildman–Crippen LogP) is 5.94. The molecule has 0 radical (unpaired) electrons. The van der Waals surface area contributed by atoms with Crippen LogP contribution in [0.3, 0.4) is 0 Å². The highest BCUT2D eigenvalue weighted by molar-refractivity contribution is 9.09. The number of aliphatic carboxylic acids is 1. The number of carbonyl (C=O) groups is 7. The molecule has 5 atom stereocenters. The van der Waals surface area contributed by atoms with Gasteiger partial charge in [-0.1, -0.05) is 28.1 Å². The molecule has 0 spiro atoms. The van der Waals surface area contributed by atoms with Gasteiger partial charge < -0.3 is 59.3 Å². The van der Waals surface area contributed by atoms with E-state index in [2.05, 4.69) is 65.2 Å². The van der Waals surface area contributed by atoms with Gasteiger partial charge in [-0.2, -0.15) is 0 Å². The number of ketones is 2. The highest BCUT2D eigenvalue weighted by Crippen LogP contribution is 2.31. The fourth-order valence-electron chi connectivity index (χ4n) is 8.33. The van der Waals surface area contributed by atoms with Crippen molar-refractivity contribution in [3.8, 4) is 0 Å². The van der Waals surface area contributed by atoms with Crippen LogP contribution in [0.15, 0.2) is 79.9 Å². The van der Waals surface area contributed by atoms with Gasteiger partial charge in [-0.05, 0) is 62.7 Å². The lowest BCUT2D eigenvalue weighted by Crippen LogP contribution is -2.62. The number of amides is 2. The molecule has 5 aliphatic heterocycles. The first kappa shape index (κ1) is 83.1. The Morgan fingerprint density at radius 2 is 1.18 bits per heavy atom. The van der Waals surface area contributed by atoms with E-state index >= 15 is 0 Å². The summed E-state index contributed by atoms with van der Waals surface area (Å²) < 4.78 is 122. The number of benzene rings is 3. The predicted molar refractivity (Wildman–Crippen MR) is 328 cm³/mol. The van der Waals surface area contributed by atoms with Crippen molar-refractivity contribution >= 4 is 88.0 Å². The molecule has 5 saturated heterocycles. The van der Waals surface area contributed by atoms with E-state index in [4.69, 9.17) is 43.8 Å². The number of piperazine rings is 1. The summed E-state index contributed by atoms with van der Waals surface area (Å²) in [5.74, 6) is -7.10. The molecule has 23 nitrogen and oxygen atoms in total. The number of morpholine rings is 4. The third-order valence-corrected chi connectivity index (χ3v) is 12.9. The lowest BCUT2D eigenvalue weighted by molar-refractivity contribution is -0.154. The molecule has 91 heavy (non-hydrogen) atoms. The van der Waals surface area contributed by atoms with Crippen LogP contribution in [0.1, 0.15) is 53.1 Å². The average Bonchev–Trinajstić information content (AvgIpc) is 0.817. The number of fused-ring (bicyclic) bond motifs is 1. The van der Waals surface area contributed by atoms with Gasteiger partial charge in [-0.3, -0.25) is 38.7 Å². The van der Waals surface area contributed by atoms with Crippen molar-refractivity contribution in [1.82, 2.24) is 24.9 Å². The number of alkyl halides is 1. The van der Waals surface area contributed by atoms with Crippen molar-refractivity contribution in [2.75, 3.05) is 132 Å². The molecule has 8 rings (SSSR count). The Balaban J connectivity index is 0.000000560. The number of methoxy groups -OCH3 is 2. The number of nitrogens with one attached hydrogen (secondary N) is 1. The second-order valence-corrected chi connectivity index (χ2v) is 23.0. The molecular formula is C58H77BrCl2F6N6O17S. The lowest BCUT2D eigenvalue weighted by Gasteiger charge is -2.47. The zero-order chi connectivity index (χ0) is 69.0. The molecule has 0 aliphatic carbocycles. The Kier molecular flexibility index (Phi) is 40.7. The quantitative estimate of drug-likeness (QED) is 0.0310. The SMILES string of the molecule is C=CCN.C=CCN1C(=O)[C@H]2COCCN2C[C@H]1c1cc(F)cc(F)c1.CC(C)(C)OC(=O)N1CCOC[C@@H]1C(=O)O.CO.COC(=O)[C@H]1COCCN1.COC(=O)[C@H]1COCCN1CC(=O)c1cc(F)cc(F)c1.O=C(CBr)c1cc(F)cc(F)c1.O=S(Cl)Cl. The maximum Gasteiger partial charge on any atom is 0.411 e. The molecule has 0 bridgehead atoms. The van der Waals surface area contributed by atoms with Gasteiger partial charge in [0.1, 0.15) is 58.6 Å². The van der Waals surface area contributed by atoms with Crippen LogP contribution < -0.4 is 11.1 Å². The van der Waals surface area contributed by atoms with Gasteiger partial charge in [-0.15, -0.1) is 13.2 Å². The second-order valence-electron chi connectivity index (χ2n) is 19.9. The second kappa shape index (κ2) is 44.6. The van der Waals surface area contributed by atoms with Crippen molar-refractivity contribution in [2.45, 2.75) is 56.6 Å². The first-order chi connectivity index (χ1) is 43.0. The van der Waals surface area contributed by atoms with Crippen LogP contribution in [0.5, 0.6) is 0 Å². The summed E-state index contributed by atoms with van der Waals surface area (Å²) >= 11 is 2.91. The van der Waals surface area contributed by atoms with Crippen molar-refractivity contribution in [3.05, 3.63) is 132 Å². The van der Waals surface area contributed by atoms with Crippen molar-refractivity contribution < 1.29 is 107 Å². The fourth-order valence-corrected chi connectivity index (χ4v) is 8.65. The van der Waals surface area contributed by atoms with Crippen molar-refractivity contribution in [2.24, 2.45) is 5.73 Å². The van der Waals surface area contributed by atoms with E-state index in [1.807, 2.05) is 4.90 Å². The van der Waals surface area contributed by atoms with E-state index in [1.54, 1.807) is 42.7 Å². The van der Waals surface area contributed by atoms with Gasteiger partial charge in [0.15, 0.2) is 17.6 Å². The molecule has 5 heterocycles. The zero-order valence-corrected chi connectivity index (χ0v) is 54.8. The number of aliphatic hydroxyl groups is 1. The van der Waals surface area contributed by atoms with Crippen LogP contribution in [0.25, 0.3) is 0 Å². The number of nitrogens with zero attached hydrogens (tertiary/aromatic N) is 4. The van der Waals surface area contributed by atoms with Crippen LogP contribution >= 0.6 is 37.3 Å². The highest BCUT2D eigenvalue weighted by atomic mass is 79.9. The van der Waals surface area contributed by atoms with Crippen LogP contribution in [0, 0.1) is 34.9 Å². The summed E-state index contributed by atoms with van der Waals surface area (Å²) in [5, 5.41) is 19.0. The number of rotatable bonds is 12. The fraction of sp³-hybridized carbons (Fsp3) is 0.500. The molecule has 33 heteroatoms. The van der Waals surface area contributed by atoms with Gasteiger partial charge >= 0.3 is 24.0 Å². The largest absolute Gasteiger partial charge is 0.480 e. The number of nitrogens with two attached hydrogens (primary N) is 1. The Morgan fingerprint density at radius 1 is 0.714 bits per heavy atom. The third kappa shape index (κ3) is 31.5. The number of carboxylic acid groups (broad SMARTS) is 1. The number of ether oxygens (including phenoxy) is 7. The maximum absolute atomic E-state index is 13.5. The summed E-state index contributed by atoms with van der Waals surface area (Å²) in [6.07, 6.45) is 2.67. The van der Waals surface area contributed by atoms with Gasteiger partial charge in [0.05, 0.1) is 85.0 Å². The molecule has 3 aromatic carbocycles. The molecule has 0 saturated carbocycles. The first-order valence-electron chi connectivity index (χ1n) is 27.4. The van der Waals surface area contributed by atoms with E-state index in [-0.39, 0.29) is 78.5 Å². The molecule has 5 fully saturated rings. The smallest absolute Gasteiger partial charge is 0.411 e. The topological polar surface area (TPSA) is 293 Å². The summed E-state index contributed by atoms with van der Waals surface area (Å²) in [5.41, 5.74) is 4.73. The summed E-state index contributed by atoms with van der Waals surface area (Å²) in [6, 6.07) is 6.19. The number of carboxylic acids is 1. The molecule has 0 aromatic heterocycles. The van der Waals surface area contributed by atoms with Crippen molar-refractivity contribution in [3.63, 3.8) is 0 Å². The number of Topliss-reactive ketones (excluding diaryl/α,β-unsaturated/α-hetero) is 2. The van der Waals surface area contributed by atoms with E-state index in [0.29, 0.717) is 84.0 Å². The monoisotopic (exact) mass is 1420 g/mol. The first-order valence-corrected chi connectivity index (χ1v) is 31.3. The minimum atomic E-state index is -1.67. The number of halogens is 9. The molecular weight excluding hydrogens is 1350 g/mol. The minimum Gasteiger partial charge on any atom is -0.480 e. The average molecular weight is 1430 g/mol. The van der Waals surface area contributed by atoms with Gasteiger partial charge in [0, 0.05) is 104 Å². The van der Waals surface area contributed by atoms with Gasteiger partial charge in [0.25, 0.3) is 0 Å². The molecule has 3 aromatic rings. The summed E-state index contributed by atoms with van der Waals surface area (Å²) in [4.78, 5) is 87.2. The normalized spacial score (nSPS) is 19.4. The minimum absolute atomic E-state index is 0.00851. The molecule has 2 amide bonds. The zero-order valence-electron chi connectivity index (χ0n) is 50.9. The number of hydrogen-bond donors (Lipinski definition) is 4. The maximum atomic E-state index is 13.5.